The molecule has 7 nitrogen and oxygen atoms in total. The average Bonchev–Trinajstić information content (AvgIpc) is 3.60. The van der Waals surface area contributed by atoms with Gasteiger partial charge in [-0.2, -0.15) is 5.10 Å². The number of benzene rings is 2. The van der Waals surface area contributed by atoms with Crippen LogP contribution < -0.4 is 4.74 Å². The van der Waals surface area contributed by atoms with Crippen molar-refractivity contribution >= 4 is 9.84 Å². The zero-order chi connectivity index (χ0) is 23.5. The smallest absolute Gasteiger partial charge is 0.151 e. The van der Waals surface area contributed by atoms with Gasteiger partial charge < -0.3 is 9.15 Å². The third-order valence-corrected chi connectivity index (χ3v) is 7.96. The fraction of sp³-hybridized carbons (Fsp3) is 0.269. The summed E-state index contributed by atoms with van der Waals surface area (Å²) in [5.74, 6) is 1.98. The van der Waals surface area contributed by atoms with Gasteiger partial charge in [0.25, 0.3) is 0 Å². The largest absolute Gasteiger partial charge is 0.497 e. The lowest BCUT2D eigenvalue weighted by Gasteiger charge is -2.27. The van der Waals surface area contributed by atoms with E-state index in [-0.39, 0.29) is 17.5 Å². The van der Waals surface area contributed by atoms with E-state index in [1.54, 1.807) is 13.4 Å². The first-order valence-corrected chi connectivity index (χ1v) is 13.1. The number of hydrogen-bond donors (Lipinski definition) is 0. The summed E-state index contributed by atoms with van der Waals surface area (Å²) in [6.07, 6.45) is 4.30. The Hall–Kier alpha value is -3.36. The number of aromatic nitrogens is 2. The third kappa shape index (κ3) is 4.93. The normalized spacial score (nSPS) is 17.3. The van der Waals surface area contributed by atoms with Gasteiger partial charge in [0, 0.05) is 29.9 Å². The SMILES string of the molecule is COc1ccc(-c2nn(-c3ccccc3)cc2CN(Cc2ccco2)[C@H]2CCS(=O)(=O)C2)cc1. The maximum absolute atomic E-state index is 12.3. The summed E-state index contributed by atoms with van der Waals surface area (Å²) < 4.78 is 37.3. The fourth-order valence-electron chi connectivity index (χ4n) is 4.43. The van der Waals surface area contributed by atoms with Crippen molar-refractivity contribution in [1.82, 2.24) is 14.7 Å². The highest BCUT2D eigenvalue weighted by atomic mass is 32.2. The van der Waals surface area contributed by atoms with Crippen LogP contribution in [0, 0.1) is 0 Å². The Balaban J connectivity index is 1.53. The molecule has 34 heavy (non-hydrogen) atoms. The maximum atomic E-state index is 12.3. The zero-order valence-electron chi connectivity index (χ0n) is 19.0. The lowest BCUT2D eigenvalue weighted by Crippen LogP contribution is -2.35. The first-order chi connectivity index (χ1) is 16.5. The second kappa shape index (κ2) is 9.48. The lowest BCUT2D eigenvalue weighted by atomic mass is 10.1. The predicted molar refractivity (Wildman–Crippen MR) is 131 cm³/mol. The summed E-state index contributed by atoms with van der Waals surface area (Å²) >= 11 is 0. The van der Waals surface area contributed by atoms with Crippen LogP contribution in [0.15, 0.2) is 83.6 Å². The Kier molecular flexibility index (Phi) is 6.26. The quantitative estimate of drug-likeness (QED) is 0.376. The molecule has 0 saturated carbocycles. The van der Waals surface area contributed by atoms with Gasteiger partial charge in [-0.15, -0.1) is 0 Å². The van der Waals surface area contributed by atoms with Crippen LogP contribution in [0.3, 0.4) is 0 Å². The van der Waals surface area contributed by atoms with E-state index in [9.17, 15) is 8.42 Å². The van der Waals surface area contributed by atoms with Gasteiger partial charge in [-0.3, -0.25) is 4.90 Å². The Labute approximate surface area is 199 Å². The molecule has 1 atom stereocenters. The Bertz CT molecular complexity index is 1330. The molecule has 1 aliphatic rings. The van der Waals surface area contributed by atoms with E-state index in [2.05, 4.69) is 4.90 Å². The monoisotopic (exact) mass is 477 g/mol. The van der Waals surface area contributed by atoms with Crippen molar-refractivity contribution in [3.63, 3.8) is 0 Å². The standard InChI is InChI=1S/C26H27N3O4S/c1-32-24-11-9-20(10-12-24)26-21(17-29(27-26)22-6-3-2-4-7-22)16-28(18-25-8-5-14-33-25)23-13-15-34(30,31)19-23/h2-12,14,17,23H,13,15-16,18-19H2,1H3/t23-/m0/s1. The van der Waals surface area contributed by atoms with Crippen molar-refractivity contribution in [2.75, 3.05) is 18.6 Å². The molecule has 5 rings (SSSR count). The highest BCUT2D eigenvalue weighted by Gasteiger charge is 2.33. The Morgan fingerprint density at radius 2 is 1.85 bits per heavy atom. The molecule has 0 spiro atoms. The van der Waals surface area contributed by atoms with Crippen LogP contribution in [0.1, 0.15) is 17.7 Å². The topological polar surface area (TPSA) is 77.6 Å². The summed E-state index contributed by atoms with van der Waals surface area (Å²) in [6.45, 7) is 1.08. The second-order valence-corrected chi connectivity index (χ2v) is 10.8. The van der Waals surface area contributed by atoms with Gasteiger partial charge in [0.2, 0.25) is 0 Å². The molecule has 0 unspecified atom stereocenters. The molecule has 2 aromatic heterocycles. The van der Waals surface area contributed by atoms with Crippen LogP contribution >= 0.6 is 0 Å². The molecule has 0 radical (unpaired) electrons. The highest BCUT2D eigenvalue weighted by molar-refractivity contribution is 7.91. The van der Waals surface area contributed by atoms with Crippen LogP contribution in [-0.2, 0) is 22.9 Å². The number of hydrogen-bond acceptors (Lipinski definition) is 6. The number of para-hydroxylation sites is 1. The summed E-state index contributed by atoms with van der Waals surface area (Å²) in [7, 11) is -1.38. The second-order valence-electron chi connectivity index (χ2n) is 8.55. The highest BCUT2D eigenvalue weighted by Crippen LogP contribution is 2.29. The van der Waals surface area contributed by atoms with Crippen molar-refractivity contribution in [2.24, 2.45) is 0 Å². The minimum atomic E-state index is -3.03. The maximum Gasteiger partial charge on any atom is 0.151 e. The molecule has 0 amide bonds. The number of methoxy groups -OCH3 is 1. The van der Waals surface area contributed by atoms with Crippen molar-refractivity contribution in [3.8, 4) is 22.7 Å². The molecule has 1 aliphatic heterocycles. The molecule has 0 aliphatic carbocycles. The summed E-state index contributed by atoms with van der Waals surface area (Å²) in [5, 5.41) is 4.92. The molecule has 0 N–H and O–H groups in total. The van der Waals surface area contributed by atoms with Crippen LogP contribution in [0.25, 0.3) is 16.9 Å². The molecule has 3 heterocycles. The van der Waals surface area contributed by atoms with Crippen molar-refractivity contribution in [3.05, 3.63) is 90.5 Å². The molecule has 4 aromatic rings. The van der Waals surface area contributed by atoms with E-state index in [4.69, 9.17) is 14.3 Å². The van der Waals surface area contributed by atoms with E-state index < -0.39 is 9.84 Å². The van der Waals surface area contributed by atoms with E-state index in [1.165, 1.54) is 0 Å². The number of ether oxygens (including phenoxy) is 1. The third-order valence-electron chi connectivity index (χ3n) is 6.21. The molecular weight excluding hydrogens is 450 g/mol. The van der Waals surface area contributed by atoms with Crippen molar-refractivity contribution < 1.29 is 17.6 Å². The van der Waals surface area contributed by atoms with E-state index in [0.29, 0.717) is 19.5 Å². The number of rotatable bonds is 8. The molecule has 2 aromatic carbocycles. The lowest BCUT2D eigenvalue weighted by molar-refractivity contribution is 0.179. The molecular formula is C26H27N3O4S. The van der Waals surface area contributed by atoms with Crippen LogP contribution in [0.4, 0.5) is 0 Å². The minimum absolute atomic E-state index is 0.0705. The van der Waals surface area contributed by atoms with Gasteiger partial charge in [0.15, 0.2) is 9.84 Å². The first kappa shape index (κ1) is 22.4. The van der Waals surface area contributed by atoms with Crippen molar-refractivity contribution in [2.45, 2.75) is 25.6 Å². The van der Waals surface area contributed by atoms with Gasteiger partial charge >= 0.3 is 0 Å². The Morgan fingerprint density at radius 3 is 2.50 bits per heavy atom. The summed E-state index contributed by atoms with van der Waals surface area (Å²) in [6, 6.07) is 21.5. The van der Waals surface area contributed by atoms with Gasteiger partial charge in [0.05, 0.1) is 42.8 Å². The fourth-order valence-corrected chi connectivity index (χ4v) is 6.19. The van der Waals surface area contributed by atoms with E-state index >= 15 is 0 Å². The van der Waals surface area contributed by atoms with Crippen LogP contribution in [0.5, 0.6) is 5.75 Å². The van der Waals surface area contributed by atoms with Gasteiger partial charge in [0.1, 0.15) is 11.5 Å². The minimum Gasteiger partial charge on any atom is -0.497 e. The molecule has 1 fully saturated rings. The van der Waals surface area contributed by atoms with Crippen LogP contribution in [-0.4, -0.2) is 47.8 Å². The molecule has 1 saturated heterocycles. The first-order valence-electron chi connectivity index (χ1n) is 11.3. The molecule has 176 valence electrons. The van der Waals surface area contributed by atoms with Crippen LogP contribution in [0.2, 0.25) is 0 Å². The molecule has 8 heteroatoms. The van der Waals surface area contributed by atoms with E-state index in [1.807, 2.05) is 77.6 Å². The Morgan fingerprint density at radius 1 is 1.06 bits per heavy atom. The summed E-state index contributed by atoms with van der Waals surface area (Å²) in [5.41, 5.74) is 3.81. The number of furan rings is 1. The van der Waals surface area contributed by atoms with Gasteiger partial charge in [-0.1, -0.05) is 18.2 Å². The van der Waals surface area contributed by atoms with Crippen molar-refractivity contribution in [1.29, 1.82) is 0 Å². The van der Waals surface area contributed by atoms with Gasteiger partial charge in [-0.25, -0.2) is 13.1 Å². The molecule has 0 bridgehead atoms. The zero-order valence-corrected chi connectivity index (χ0v) is 19.8. The number of nitrogens with zero attached hydrogens (tertiary/aromatic N) is 3. The number of sulfone groups is 1. The predicted octanol–water partition coefficient (Wildman–Crippen LogP) is 4.33. The summed E-state index contributed by atoms with van der Waals surface area (Å²) in [4.78, 5) is 2.20. The van der Waals surface area contributed by atoms with Gasteiger partial charge in [-0.05, 0) is 55.0 Å². The average molecular weight is 478 g/mol. The van der Waals surface area contributed by atoms with E-state index in [0.717, 1.165) is 34.0 Å².